The maximum Gasteiger partial charge on any atom is 0.408 e. The van der Waals surface area contributed by atoms with Gasteiger partial charge in [-0.25, -0.2) is 4.79 Å². The number of rotatable bonds is 2. The van der Waals surface area contributed by atoms with Crippen molar-refractivity contribution in [1.29, 1.82) is 0 Å². The minimum absolute atomic E-state index is 0.0324. The first-order valence-electron chi connectivity index (χ1n) is 5.13. The first kappa shape index (κ1) is 11.8. The highest BCUT2D eigenvalue weighted by Crippen LogP contribution is 2.12. The fourth-order valence-electron chi connectivity index (χ4n) is 1.38. The molecular weight excluding hydrogens is 196 g/mol. The van der Waals surface area contributed by atoms with E-state index in [4.69, 9.17) is 4.74 Å². The van der Waals surface area contributed by atoms with Crippen molar-refractivity contribution in [2.45, 2.75) is 51.8 Å². The molecular formula is C10H18N2O3. The van der Waals surface area contributed by atoms with Gasteiger partial charge in [0.05, 0.1) is 6.04 Å². The number of carbonyl (C=O) groups is 2. The van der Waals surface area contributed by atoms with Crippen LogP contribution in [0.3, 0.4) is 0 Å². The summed E-state index contributed by atoms with van der Waals surface area (Å²) in [5, 5.41) is 5.25. The second-order valence-corrected chi connectivity index (χ2v) is 4.65. The van der Waals surface area contributed by atoms with Crippen molar-refractivity contribution >= 4 is 12.0 Å². The molecule has 1 aliphatic heterocycles. The van der Waals surface area contributed by atoms with E-state index in [2.05, 4.69) is 10.6 Å². The van der Waals surface area contributed by atoms with Gasteiger partial charge in [-0.1, -0.05) is 6.92 Å². The molecule has 5 nitrogen and oxygen atoms in total. The topological polar surface area (TPSA) is 67.4 Å². The molecule has 15 heavy (non-hydrogen) atoms. The summed E-state index contributed by atoms with van der Waals surface area (Å²) in [4.78, 5) is 22.5. The molecule has 1 saturated heterocycles. The lowest BCUT2D eigenvalue weighted by Gasteiger charge is -2.36. The van der Waals surface area contributed by atoms with E-state index in [1.165, 1.54) is 0 Å². The molecule has 0 aliphatic carbocycles. The SMILES string of the molecule is CCC1NC(=O)C1NC(=O)OC(C)(C)C. The van der Waals surface area contributed by atoms with Gasteiger partial charge in [0.2, 0.25) is 5.91 Å². The van der Waals surface area contributed by atoms with E-state index in [9.17, 15) is 9.59 Å². The molecule has 1 fully saturated rings. The Morgan fingerprint density at radius 2 is 2.13 bits per heavy atom. The van der Waals surface area contributed by atoms with Crippen molar-refractivity contribution in [2.24, 2.45) is 0 Å². The molecule has 0 saturated carbocycles. The van der Waals surface area contributed by atoms with Crippen LogP contribution in [-0.2, 0) is 9.53 Å². The molecule has 86 valence electrons. The Hall–Kier alpha value is -1.26. The van der Waals surface area contributed by atoms with E-state index in [-0.39, 0.29) is 11.9 Å². The lowest BCUT2D eigenvalue weighted by atomic mass is 9.97. The zero-order valence-electron chi connectivity index (χ0n) is 9.59. The number of ether oxygens (including phenoxy) is 1. The van der Waals surface area contributed by atoms with Crippen molar-refractivity contribution in [1.82, 2.24) is 10.6 Å². The van der Waals surface area contributed by atoms with Gasteiger partial charge in [-0.2, -0.15) is 0 Å². The molecule has 1 heterocycles. The second-order valence-electron chi connectivity index (χ2n) is 4.65. The third kappa shape index (κ3) is 3.11. The first-order valence-corrected chi connectivity index (χ1v) is 5.13. The average Bonchev–Trinajstić information content (AvgIpc) is 2.07. The number of amides is 2. The normalized spacial score (nSPS) is 25.2. The zero-order valence-corrected chi connectivity index (χ0v) is 9.59. The van der Waals surface area contributed by atoms with Gasteiger partial charge in [0.25, 0.3) is 0 Å². The van der Waals surface area contributed by atoms with Gasteiger partial charge in [0.15, 0.2) is 0 Å². The summed E-state index contributed by atoms with van der Waals surface area (Å²) >= 11 is 0. The van der Waals surface area contributed by atoms with Crippen LogP contribution in [-0.4, -0.2) is 29.7 Å². The molecule has 1 rings (SSSR count). The second kappa shape index (κ2) is 4.08. The molecule has 0 aromatic carbocycles. The van der Waals surface area contributed by atoms with Crippen LogP contribution >= 0.6 is 0 Å². The monoisotopic (exact) mass is 214 g/mol. The van der Waals surface area contributed by atoms with Crippen LogP contribution in [0.25, 0.3) is 0 Å². The molecule has 0 aromatic heterocycles. The van der Waals surface area contributed by atoms with E-state index in [0.29, 0.717) is 0 Å². The molecule has 2 N–H and O–H groups in total. The fourth-order valence-corrected chi connectivity index (χ4v) is 1.38. The number of nitrogens with one attached hydrogen (secondary N) is 2. The number of hydrogen-bond donors (Lipinski definition) is 2. The van der Waals surface area contributed by atoms with Crippen molar-refractivity contribution in [2.75, 3.05) is 0 Å². The van der Waals surface area contributed by atoms with Crippen molar-refractivity contribution in [3.8, 4) is 0 Å². The van der Waals surface area contributed by atoms with Crippen LogP contribution in [0.15, 0.2) is 0 Å². The van der Waals surface area contributed by atoms with Crippen molar-refractivity contribution in [3.63, 3.8) is 0 Å². The molecule has 0 aromatic rings. The van der Waals surface area contributed by atoms with Crippen molar-refractivity contribution < 1.29 is 14.3 Å². The summed E-state index contributed by atoms with van der Waals surface area (Å²) in [5.41, 5.74) is -0.536. The number of alkyl carbamates (subject to hydrolysis) is 1. The van der Waals surface area contributed by atoms with Gasteiger partial charge in [0.1, 0.15) is 11.6 Å². The van der Waals surface area contributed by atoms with Crippen LogP contribution in [0.4, 0.5) is 4.79 Å². The van der Waals surface area contributed by atoms with Gasteiger partial charge >= 0.3 is 6.09 Å². The van der Waals surface area contributed by atoms with Crippen LogP contribution in [0.1, 0.15) is 34.1 Å². The summed E-state index contributed by atoms with van der Waals surface area (Å²) in [7, 11) is 0. The number of β-lactam (4-membered cyclic amide) rings is 1. The largest absolute Gasteiger partial charge is 0.444 e. The van der Waals surface area contributed by atoms with E-state index in [1.54, 1.807) is 20.8 Å². The van der Waals surface area contributed by atoms with Crippen molar-refractivity contribution in [3.05, 3.63) is 0 Å². The minimum Gasteiger partial charge on any atom is -0.444 e. The Morgan fingerprint density at radius 3 is 2.53 bits per heavy atom. The highest BCUT2D eigenvalue weighted by Gasteiger charge is 2.39. The molecule has 0 spiro atoms. The average molecular weight is 214 g/mol. The third-order valence-corrected chi connectivity index (χ3v) is 2.12. The molecule has 0 radical (unpaired) electrons. The summed E-state index contributed by atoms with van der Waals surface area (Å²) in [5.74, 6) is -0.146. The summed E-state index contributed by atoms with van der Waals surface area (Å²) in [6, 6.07) is -0.408. The van der Waals surface area contributed by atoms with E-state index >= 15 is 0 Å². The van der Waals surface area contributed by atoms with Crippen LogP contribution in [0, 0.1) is 0 Å². The summed E-state index contributed by atoms with van der Waals surface area (Å²) in [6.45, 7) is 7.30. The van der Waals surface area contributed by atoms with Crippen LogP contribution in [0.2, 0.25) is 0 Å². The summed E-state index contributed by atoms with van der Waals surface area (Å²) in [6.07, 6.45) is 0.257. The highest BCUT2D eigenvalue weighted by molar-refractivity contribution is 5.92. The van der Waals surface area contributed by atoms with Gasteiger partial charge < -0.3 is 15.4 Å². The Balaban J connectivity index is 2.41. The Kier molecular flexibility index (Phi) is 3.21. The lowest BCUT2D eigenvalue weighted by Crippen LogP contribution is -2.69. The van der Waals surface area contributed by atoms with E-state index < -0.39 is 17.7 Å². The van der Waals surface area contributed by atoms with E-state index in [0.717, 1.165) is 6.42 Å². The maximum absolute atomic E-state index is 11.4. The number of carbonyl (C=O) groups excluding carboxylic acids is 2. The molecule has 5 heteroatoms. The van der Waals surface area contributed by atoms with Gasteiger partial charge in [-0.05, 0) is 27.2 Å². The van der Waals surface area contributed by atoms with E-state index in [1.807, 2.05) is 6.92 Å². The number of hydrogen-bond acceptors (Lipinski definition) is 3. The predicted octanol–water partition coefficient (Wildman–Crippen LogP) is 0.788. The molecule has 2 unspecified atom stereocenters. The molecule has 1 aliphatic rings. The Morgan fingerprint density at radius 1 is 1.53 bits per heavy atom. The first-order chi connectivity index (χ1) is 6.83. The van der Waals surface area contributed by atoms with Gasteiger partial charge in [-0.15, -0.1) is 0 Å². The summed E-state index contributed by atoms with van der Waals surface area (Å²) < 4.78 is 5.06. The molecule has 0 bridgehead atoms. The smallest absolute Gasteiger partial charge is 0.408 e. The Labute approximate surface area is 89.6 Å². The van der Waals surface area contributed by atoms with Crippen LogP contribution < -0.4 is 10.6 Å². The fraction of sp³-hybridized carbons (Fsp3) is 0.800. The lowest BCUT2D eigenvalue weighted by molar-refractivity contribution is -0.131. The standard InChI is InChI=1S/C10H18N2O3/c1-5-6-7(8(13)11-6)12-9(14)15-10(2,3)4/h6-7H,5H2,1-4H3,(H,11,13)(H,12,14). The van der Waals surface area contributed by atoms with Gasteiger partial charge in [-0.3, -0.25) is 4.79 Å². The highest BCUT2D eigenvalue weighted by atomic mass is 16.6. The predicted molar refractivity (Wildman–Crippen MR) is 55.4 cm³/mol. The zero-order chi connectivity index (χ0) is 11.6. The third-order valence-electron chi connectivity index (χ3n) is 2.12. The van der Waals surface area contributed by atoms with Gasteiger partial charge in [0, 0.05) is 0 Å². The maximum atomic E-state index is 11.4. The quantitative estimate of drug-likeness (QED) is 0.668. The van der Waals surface area contributed by atoms with Crippen LogP contribution in [0.5, 0.6) is 0 Å². The minimum atomic E-state index is -0.541. The molecule has 2 amide bonds. The Bertz CT molecular complexity index is 270. The molecule has 2 atom stereocenters.